The number of aromatic nitrogens is 1. The van der Waals surface area contributed by atoms with Crippen LogP contribution in [0, 0.1) is 0 Å². The van der Waals surface area contributed by atoms with Gasteiger partial charge >= 0.3 is 0 Å². The predicted molar refractivity (Wildman–Crippen MR) is 83.6 cm³/mol. The van der Waals surface area contributed by atoms with E-state index in [1.165, 1.54) is 42.1 Å². The maximum atomic E-state index is 3.69. The highest BCUT2D eigenvalue weighted by atomic mass is 14.9. The first kappa shape index (κ1) is 14.1. The largest absolute Gasteiger partial charge is 0.361 e. The molecule has 0 amide bonds. The molecular formula is C17H26N2. The van der Waals surface area contributed by atoms with E-state index in [9.17, 15) is 0 Å². The quantitative estimate of drug-likeness (QED) is 0.680. The first-order valence-corrected chi connectivity index (χ1v) is 7.63. The van der Waals surface area contributed by atoms with Crippen molar-refractivity contribution < 1.29 is 0 Å². The lowest BCUT2D eigenvalue weighted by Gasteiger charge is -2.16. The van der Waals surface area contributed by atoms with Crippen LogP contribution in [-0.2, 0) is 6.42 Å². The van der Waals surface area contributed by atoms with Crippen molar-refractivity contribution >= 4 is 10.9 Å². The molecule has 0 bridgehead atoms. The highest BCUT2D eigenvalue weighted by Gasteiger charge is 2.10. The van der Waals surface area contributed by atoms with E-state index in [1.807, 2.05) is 0 Å². The van der Waals surface area contributed by atoms with E-state index in [4.69, 9.17) is 0 Å². The van der Waals surface area contributed by atoms with Crippen LogP contribution in [0.15, 0.2) is 30.5 Å². The summed E-state index contributed by atoms with van der Waals surface area (Å²) in [6.07, 6.45) is 8.39. The number of aromatic amines is 1. The molecule has 104 valence electrons. The number of rotatable bonds is 8. The Morgan fingerprint density at radius 1 is 1.16 bits per heavy atom. The van der Waals surface area contributed by atoms with Crippen molar-refractivity contribution in [3.63, 3.8) is 0 Å². The van der Waals surface area contributed by atoms with Gasteiger partial charge < -0.3 is 10.3 Å². The predicted octanol–water partition coefficient (Wildman–Crippen LogP) is 4.27. The highest BCUT2D eigenvalue weighted by molar-refractivity contribution is 5.83. The maximum absolute atomic E-state index is 3.69. The Balaban J connectivity index is 1.94. The molecule has 0 aliphatic heterocycles. The molecule has 2 nitrogen and oxygen atoms in total. The summed E-state index contributed by atoms with van der Waals surface area (Å²) in [6.45, 7) is 5.67. The van der Waals surface area contributed by atoms with Crippen molar-refractivity contribution in [1.82, 2.24) is 10.3 Å². The van der Waals surface area contributed by atoms with Crippen molar-refractivity contribution in [2.75, 3.05) is 6.54 Å². The minimum Gasteiger partial charge on any atom is -0.361 e. The molecule has 2 N–H and O–H groups in total. The van der Waals surface area contributed by atoms with Gasteiger partial charge in [-0.2, -0.15) is 0 Å². The van der Waals surface area contributed by atoms with Crippen LogP contribution in [-0.4, -0.2) is 17.6 Å². The van der Waals surface area contributed by atoms with Crippen molar-refractivity contribution in [3.8, 4) is 0 Å². The molecule has 0 aliphatic carbocycles. The third kappa shape index (κ3) is 3.84. The Hall–Kier alpha value is -1.28. The van der Waals surface area contributed by atoms with Gasteiger partial charge in [-0.1, -0.05) is 44.9 Å². The number of benzene rings is 1. The van der Waals surface area contributed by atoms with Crippen LogP contribution in [0.4, 0.5) is 0 Å². The normalized spacial score (nSPS) is 12.9. The van der Waals surface area contributed by atoms with Gasteiger partial charge in [-0.3, -0.25) is 0 Å². The lowest BCUT2D eigenvalue weighted by atomic mass is 10.0. The zero-order valence-electron chi connectivity index (χ0n) is 12.2. The van der Waals surface area contributed by atoms with E-state index in [2.05, 4.69) is 54.6 Å². The Labute approximate surface area is 116 Å². The summed E-state index contributed by atoms with van der Waals surface area (Å²) in [5, 5.41) is 5.06. The second-order valence-electron chi connectivity index (χ2n) is 5.33. The summed E-state index contributed by atoms with van der Waals surface area (Å²) in [4.78, 5) is 3.37. The molecular weight excluding hydrogens is 232 g/mol. The molecule has 1 aromatic carbocycles. The fourth-order valence-electron chi connectivity index (χ4n) is 2.61. The summed E-state index contributed by atoms with van der Waals surface area (Å²) >= 11 is 0. The Kier molecular flexibility index (Phi) is 5.46. The molecule has 1 aromatic heterocycles. The Morgan fingerprint density at radius 3 is 2.79 bits per heavy atom. The first-order valence-electron chi connectivity index (χ1n) is 7.63. The number of hydrogen-bond acceptors (Lipinski definition) is 1. The molecule has 1 unspecified atom stereocenters. The highest BCUT2D eigenvalue weighted by Crippen LogP contribution is 2.19. The molecule has 1 atom stereocenters. The van der Waals surface area contributed by atoms with E-state index in [0.717, 1.165) is 13.0 Å². The van der Waals surface area contributed by atoms with Crippen molar-refractivity contribution in [2.45, 2.75) is 52.0 Å². The summed E-state index contributed by atoms with van der Waals surface area (Å²) in [6, 6.07) is 9.16. The number of hydrogen-bond donors (Lipinski definition) is 2. The second-order valence-corrected chi connectivity index (χ2v) is 5.33. The number of nitrogens with one attached hydrogen (secondary N) is 2. The fraction of sp³-hybridized carbons (Fsp3) is 0.529. The van der Waals surface area contributed by atoms with Crippen LogP contribution in [0.5, 0.6) is 0 Å². The maximum Gasteiger partial charge on any atom is 0.0456 e. The molecule has 2 aromatic rings. The molecule has 2 heteroatoms. The average Bonchev–Trinajstić information content (AvgIpc) is 2.85. The van der Waals surface area contributed by atoms with Crippen LogP contribution < -0.4 is 5.32 Å². The fourth-order valence-corrected chi connectivity index (χ4v) is 2.61. The third-order valence-corrected chi connectivity index (χ3v) is 3.85. The van der Waals surface area contributed by atoms with Crippen molar-refractivity contribution in [2.24, 2.45) is 0 Å². The minimum atomic E-state index is 0.594. The zero-order valence-corrected chi connectivity index (χ0v) is 12.2. The Bertz CT molecular complexity index is 487. The molecule has 0 radical (unpaired) electrons. The molecule has 0 fully saturated rings. The number of para-hydroxylation sites is 1. The van der Waals surface area contributed by atoms with E-state index >= 15 is 0 Å². The van der Waals surface area contributed by atoms with Gasteiger partial charge in [0.15, 0.2) is 0 Å². The molecule has 2 rings (SSSR count). The minimum absolute atomic E-state index is 0.594. The molecule has 0 saturated heterocycles. The van der Waals surface area contributed by atoms with Gasteiger partial charge in [-0.25, -0.2) is 0 Å². The molecule has 19 heavy (non-hydrogen) atoms. The Morgan fingerprint density at radius 2 is 2.00 bits per heavy atom. The van der Waals surface area contributed by atoms with Gasteiger partial charge in [0.05, 0.1) is 0 Å². The van der Waals surface area contributed by atoms with Gasteiger partial charge in [-0.15, -0.1) is 0 Å². The third-order valence-electron chi connectivity index (χ3n) is 3.85. The average molecular weight is 258 g/mol. The second kappa shape index (κ2) is 7.34. The van der Waals surface area contributed by atoms with Crippen molar-refractivity contribution in [1.29, 1.82) is 0 Å². The van der Waals surface area contributed by atoms with E-state index in [0.29, 0.717) is 6.04 Å². The van der Waals surface area contributed by atoms with Crippen molar-refractivity contribution in [3.05, 3.63) is 36.0 Å². The van der Waals surface area contributed by atoms with Crippen LogP contribution in [0.2, 0.25) is 0 Å². The van der Waals surface area contributed by atoms with E-state index < -0.39 is 0 Å². The topological polar surface area (TPSA) is 27.8 Å². The summed E-state index contributed by atoms with van der Waals surface area (Å²) in [7, 11) is 0. The lowest BCUT2D eigenvalue weighted by molar-refractivity contribution is 0.482. The summed E-state index contributed by atoms with van der Waals surface area (Å²) in [5.74, 6) is 0. The number of unbranched alkanes of at least 4 members (excludes halogenated alkanes) is 2. The smallest absolute Gasteiger partial charge is 0.0456 e. The molecule has 0 saturated carbocycles. The van der Waals surface area contributed by atoms with Gasteiger partial charge in [0.25, 0.3) is 0 Å². The summed E-state index contributed by atoms with van der Waals surface area (Å²) < 4.78 is 0. The van der Waals surface area contributed by atoms with Crippen LogP contribution in [0.1, 0.15) is 45.1 Å². The van der Waals surface area contributed by atoms with Gasteiger partial charge in [0.2, 0.25) is 0 Å². The lowest BCUT2D eigenvalue weighted by Crippen LogP contribution is -2.31. The van der Waals surface area contributed by atoms with E-state index in [1.54, 1.807) is 0 Å². The van der Waals surface area contributed by atoms with E-state index in [-0.39, 0.29) is 0 Å². The number of fused-ring (bicyclic) bond motifs is 1. The van der Waals surface area contributed by atoms with Gasteiger partial charge in [0.1, 0.15) is 0 Å². The standard InChI is InChI=1S/C17H26N2/c1-3-5-8-11-18-15(4-2)12-14-13-19-17-10-7-6-9-16(14)17/h6-7,9-10,13,15,18-19H,3-5,8,11-12H2,1-2H3. The monoisotopic (exact) mass is 258 g/mol. The van der Waals surface area contributed by atoms with Crippen LogP contribution in [0.3, 0.4) is 0 Å². The number of H-pyrrole nitrogens is 1. The summed E-state index contributed by atoms with van der Waals surface area (Å²) in [5.41, 5.74) is 2.68. The van der Waals surface area contributed by atoms with Crippen LogP contribution >= 0.6 is 0 Å². The first-order chi connectivity index (χ1) is 9.35. The molecule has 0 aliphatic rings. The zero-order chi connectivity index (χ0) is 13.5. The van der Waals surface area contributed by atoms with Gasteiger partial charge in [0, 0.05) is 23.1 Å². The SMILES string of the molecule is CCCCCNC(CC)Cc1c[nH]c2ccccc12. The molecule has 0 spiro atoms. The van der Waals surface area contributed by atoms with Gasteiger partial charge in [-0.05, 0) is 37.4 Å². The molecule has 1 heterocycles. The van der Waals surface area contributed by atoms with Crippen LogP contribution in [0.25, 0.3) is 10.9 Å².